The molecule has 0 bridgehead atoms. The van der Waals surface area contributed by atoms with Gasteiger partial charge in [-0.05, 0) is 49.6 Å². The van der Waals surface area contributed by atoms with Crippen LogP contribution in [0.1, 0.15) is 24.5 Å². The third-order valence-electron chi connectivity index (χ3n) is 4.70. The maximum atomic E-state index is 12.7. The van der Waals surface area contributed by atoms with Crippen LogP contribution in [0, 0.1) is 13.8 Å². The molecule has 3 rings (SSSR count). The van der Waals surface area contributed by atoms with E-state index in [1.165, 1.54) is 0 Å². The van der Waals surface area contributed by atoms with E-state index >= 15 is 0 Å². The molecule has 1 aliphatic rings. The number of hydrogen-bond donors (Lipinski definition) is 2. The van der Waals surface area contributed by atoms with E-state index in [9.17, 15) is 9.59 Å². The summed E-state index contributed by atoms with van der Waals surface area (Å²) in [6, 6.07) is 13.5. The Morgan fingerprint density at radius 1 is 1.18 bits per heavy atom. The van der Waals surface area contributed by atoms with E-state index in [1.807, 2.05) is 68.1 Å². The maximum absolute atomic E-state index is 12.7. The first kappa shape index (κ1) is 19.7. The zero-order chi connectivity index (χ0) is 20.1. The number of aryl methyl sites for hydroxylation is 2. The summed E-state index contributed by atoms with van der Waals surface area (Å²) in [5, 5.41) is 5.85. The molecule has 0 aromatic heterocycles. The lowest BCUT2D eigenvalue weighted by molar-refractivity contribution is -0.128. The van der Waals surface area contributed by atoms with Gasteiger partial charge in [0.25, 0.3) is 5.91 Å². The fraction of sp³-hybridized carbons (Fsp3) is 0.364. The Bertz CT molecular complexity index is 866. The quantitative estimate of drug-likeness (QED) is 0.807. The van der Waals surface area contributed by atoms with Crippen LogP contribution >= 0.6 is 0 Å². The van der Waals surface area contributed by atoms with Crippen molar-refractivity contribution in [2.75, 3.05) is 29.9 Å². The minimum absolute atomic E-state index is 0.127. The fourth-order valence-corrected chi connectivity index (χ4v) is 3.19. The van der Waals surface area contributed by atoms with Gasteiger partial charge in [0.1, 0.15) is 5.75 Å². The molecule has 2 N–H and O–H groups in total. The van der Waals surface area contributed by atoms with Crippen molar-refractivity contribution in [2.45, 2.75) is 33.3 Å². The number of anilines is 2. The minimum Gasteiger partial charge on any atom is -0.477 e. The van der Waals surface area contributed by atoms with Gasteiger partial charge in [0.05, 0.1) is 18.8 Å². The molecule has 1 atom stereocenters. The van der Waals surface area contributed by atoms with Gasteiger partial charge in [-0.3, -0.25) is 9.59 Å². The van der Waals surface area contributed by atoms with Crippen LogP contribution < -0.4 is 20.3 Å². The van der Waals surface area contributed by atoms with Crippen LogP contribution in [0.3, 0.4) is 0 Å². The second-order valence-corrected chi connectivity index (χ2v) is 7.11. The summed E-state index contributed by atoms with van der Waals surface area (Å²) < 4.78 is 5.87. The fourth-order valence-electron chi connectivity index (χ4n) is 3.19. The SMILES string of the molecule is CCCNC(=O)[C@H]1CN(CC(=O)Nc2cc(C)ccc2C)c2ccccc2O1. The Hall–Kier alpha value is -3.02. The summed E-state index contributed by atoms with van der Waals surface area (Å²) >= 11 is 0. The Labute approximate surface area is 165 Å². The molecular weight excluding hydrogens is 354 g/mol. The number of carbonyl (C=O) groups is 2. The Morgan fingerprint density at radius 2 is 1.96 bits per heavy atom. The van der Waals surface area contributed by atoms with Crippen molar-refractivity contribution in [3.63, 3.8) is 0 Å². The normalized spacial score (nSPS) is 15.4. The molecule has 6 nitrogen and oxygen atoms in total. The second-order valence-electron chi connectivity index (χ2n) is 7.11. The predicted molar refractivity (Wildman–Crippen MR) is 111 cm³/mol. The lowest BCUT2D eigenvalue weighted by Crippen LogP contribution is -2.50. The number of benzene rings is 2. The van der Waals surface area contributed by atoms with Crippen LogP contribution in [-0.2, 0) is 9.59 Å². The number of nitrogens with zero attached hydrogens (tertiary/aromatic N) is 1. The molecule has 28 heavy (non-hydrogen) atoms. The van der Waals surface area contributed by atoms with E-state index in [-0.39, 0.29) is 18.4 Å². The van der Waals surface area contributed by atoms with Gasteiger partial charge in [-0.15, -0.1) is 0 Å². The first-order valence-electron chi connectivity index (χ1n) is 9.63. The zero-order valence-corrected chi connectivity index (χ0v) is 16.6. The topological polar surface area (TPSA) is 70.7 Å². The second kappa shape index (κ2) is 8.78. The molecule has 0 aliphatic carbocycles. The van der Waals surface area contributed by atoms with Gasteiger partial charge >= 0.3 is 0 Å². The van der Waals surface area contributed by atoms with Crippen molar-refractivity contribution < 1.29 is 14.3 Å². The first-order valence-corrected chi connectivity index (χ1v) is 9.63. The average Bonchev–Trinajstić information content (AvgIpc) is 2.68. The molecule has 0 saturated heterocycles. The van der Waals surface area contributed by atoms with Gasteiger partial charge < -0.3 is 20.3 Å². The molecule has 0 fully saturated rings. The third-order valence-corrected chi connectivity index (χ3v) is 4.70. The molecule has 1 aliphatic heterocycles. The van der Waals surface area contributed by atoms with E-state index in [2.05, 4.69) is 10.6 Å². The molecule has 2 aromatic carbocycles. The minimum atomic E-state index is -0.644. The Morgan fingerprint density at radius 3 is 2.75 bits per heavy atom. The summed E-state index contributed by atoms with van der Waals surface area (Å²) in [5.41, 5.74) is 3.73. The van der Waals surface area contributed by atoms with Crippen molar-refractivity contribution in [3.05, 3.63) is 53.6 Å². The average molecular weight is 381 g/mol. The van der Waals surface area contributed by atoms with Crippen LogP contribution in [-0.4, -0.2) is 37.6 Å². The standard InChI is InChI=1S/C22H27N3O3/c1-4-11-23-22(27)20-13-25(18-7-5-6-8-19(18)28-20)14-21(26)24-17-12-15(2)9-10-16(17)3/h5-10,12,20H,4,11,13-14H2,1-3H3,(H,23,27)(H,24,26)/t20-/m1/s1. The monoisotopic (exact) mass is 381 g/mol. The van der Waals surface area contributed by atoms with Gasteiger partial charge in [0.2, 0.25) is 5.91 Å². The third kappa shape index (κ3) is 4.63. The molecule has 148 valence electrons. The predicted octanol–water partition coefficient (Wildman–Crippen LogP) is 3.04. The lowest BCUT2D eigenvalue weighted by Gasteiger charge is -2.35. The molecule has 0 saturated carbocycles. The summed E-state index contributed by atoms with van der Waals surface area (Å²) in [6.07, 6.45) is 0.215. The molecule has 1 heterocycles. The van der Waals surface area contributed by atoms with Gasteiger partial charge in [0.15, 0.2) is 6.10 Å². The smallest absolute Gasteiger partial charge is 0.262 e. The number of fused-ring (bicyclic) bond motifs is 1. The Kier molecular flexibility index (Phi) is 6.19. The van der Waals surface area contributed by atoms with Crippen molar-refractivity contribution in [3.8, 4) is 5.75 Å². The van der Waals surface area contributed by atoms with Crippen molar-refractivity contribution in [2.24, 2.45) is 0 Å². The summed E-state index contributed by atoms with van der Waals surface area (Å²) in [7, 11) is 0. The van der Waals surface area contributed by atoms with Crippen molar-refractivity contribution >= 4 is 23.2 Å². The maximum Gasteiger partial charge on any atom is 0.262 e. The number of ether oxygens (including phenoxy) is 1. The first-order chi connectivity index (χ1) is 13.5. The Balaban J connectivity index is 1.74. The molecule has 2 aromatic rings. The number of para-hydroxylation sites is 2. The van der Waals surface area contributed by atoms with E-state index in [0.717, 1.165) is 28.9 Å². The van der Waals surface area contributed by atoms with Gasteiger partial charge in [-0.25, -0.2) is 0 Å². The summed E-state index contributed by atoms with van der Waals surface area (Å²) in [5.74, 6) is 0.333. The van der Waals surface area contributed by atoms with Gasteiger partial charge in [-0.1, -0.05) is 31.2 Å². The number of hydrogen-bond acceptors (Lipinski definition) is 4. The summed E-state index contributed by atoms with van der Waals surface area (Å²) in [6.45, 7) is 7.03. The van der Waals surface area contributed by atoms with Crippen molar-refractivity contribution in [1.82, 2.24) is 5.32 Å². The van der Waals surface area contributed by atoms with Crippen LogP contribution in [0.4, 0.5) is 11.4 Å². The number of amides is 2. The molecule has 0 unspecified atom stereocenters. The number of rotatable bonds is 6. The zero-order valence-electron chi connectivity index (χ0n) is 16.6. The highest BCUT2D eigenvalue weighted by molar-refractivity contribution is 5.95. The van der Waals surface area contributed by atoms with Gasteiger partial charge in [0, 0.05) is 12.2 Å². The van der Waals surface area contributed by atoms with Crippen LogP contribution in [0.15, 0.2) is 42.5 Å². The van der Waals surface area contributed by atoms with E-state index in [1.54, 1.807) is 0 Å². The van der Waals surface area contributed by atoms with E-state index in [4.69, 9.17) is 4.74 Å². The highest BCUT2D eigenvalue weighted by atomic mass is 16.5. The summed E-state index contributed by atoms with van der Waals surface area (Å²) in [4.78, 5) is 27.0. The van der Waals surface area contributed by atoms with E-state index < -0.39 is 6.10 Å². The van der Waals surface area contributed by atoms with Crippen LogP contribution in [0.2, 0.25) is 0 Å². The molecule has 0 spiro atoms. The molecule has 0 radical (unpaired) electrons. The molecule has 6 heteroatoms. The van der Waals surface area contributed by atoms with Gasteiger partial charge in [-0.2, -0.15) is 0 Å². The highest BCUT2D eigenvalue weighted by Gasteiger charge is 2.31. The highest BCUT2D eigenvalue weighted by Crippen LogP contribution is 2.33. The number of carbonyl (C=O) groups excluding carboxylic acids is 2. The number of nitrogens with one attached hydrogen (secondary N) is 2. The lowest BCUT2D eigenvalue weighted by atomic mass is 10.1. The molecule has 2 amide bonds. The molecular formula is C22H27N3O3. The van der Waals surface area contributed by atoms with Crippen molar-refractivity contribution in [1.29, 1.82) is 0 Å². The van der Waals surface area contributed by atoms with E-state index in [0.29, 0.717) is 18.8 Å². The largest absolute Gasteiger partial charge is 0.477 e. The van der Waals surface area contributed by atoms with Crippen LogP contribution in [0.5, 0.6) is 5.75 Å². The van der Waals surface area contributed by atoms with Crippen LogP contribution in [0.25, 0.3) is 0 Å².